The summed E-state index contributed by atoms with van der Waals surface area (Å²) in [6.45, 7) is 0.561. The van der Waals surface area contributed by atoms with Crippen molar-refractivity contribution in [1.82, 2.24) is 4.90 Å². The number of nitrogens with two attached hydrogens (primary N) is 1. The number of amides is 1. The maximum Gasteiger partial charge on any atom is 0.227 e. The molecule has 0 bridgehead atoms. The molecule has 0 saturated heterocycles. The molecule has 1 aliphatic rings. The summed E-state index contributed by atoms with van der Waals surface area (Å²) in [5, 5.41) is 0. The number of rotatable bonds is 5. The lowest BCUT2D eigenvalue weighted by Crippen LogP contribution is -2.43. The van der Waals surface area contributed by atoms with Crippen LogP contribution in [0.25, 0.3) is 0 Å². The van der Waals surface area contributed by atoms with Gasteiger partial charge in [0.1, 0.15) is 0 Å². The van der Waals surface area contributed by atoms with Crippen LogP contribution in [0.15, 0.2) is 28.7 Å². The molecule has 18 heavy (non-hydrogen) atoms. The fraction of sp³-hybridized carbons (Fsp3) is 0.500. The normalized spacial score (nSPS) is 16.4. The summed E-state index contributed by atoms with van der Waals surface area (Å²) < 4.78 is 1.01. The number of halogens is 1. The molecule has 0 aliphatic heterocycles. The highest BCUT2D eigenvalue weighted by atomic mass is 79.9. The predicted octanol–water partition coefficient (Wildman–Crippen LogP) is 2.19. The number of hydrogen-bond acceptors (Lipinski definition) is 2. The van der Waals surface area contributed by atoms with Crippen LogP contribution < -0.4 is 5.73 Å². The van der Waals surface area contributed by atoms with E-state index in [0.717, 1.165) is 10.0 Å². The van der Waals surface area contributed by atoms with Crippen molar-refractivity contribution < 1.29 is 4.79 Å². The SMILES string of the molecule is CN(C(=O)Cc1cccc(Br)c1)C(CN)C1CC1. The van der Waals surface area contributed by atoms with E-state index >= 15 is 0 Å². The first-order valence-electron chi connectivity index (χ1n) is 6.32. The van der Waals surface area contributed by atoms with Crippen molar-refractivity contribution in [3.63, 3.8) is 0 Å². The summed E-state index contributed by atoms with van der Waals surface area (Å²) in [6.07, 6.45) is 2.85. The Labute approximate surface area is 116 Å². The molecule has 1 amide bonds. The van der Waals surface area contributed by atoms with Crippen molar-refractivity contribution >= 4 is 21.8 Å². The van der Waals surface area contributed by atoms with Crippen LogP contribution in [0.2, 0.25) is 0 Å². The number of carbonyl (C=O) groups excluding carboxylic acids is 1. The van der Waals surface area contributed by atoms with Crippen LogP contribution in [0.5, 0.6) is 0 Å². The topological polar surface area (TPSA) is 46.3 Å². The molecule has 0 aromatic heterocycles. The van der Waals surface area contributed by atoms with Gasteiger partial charge in [-0.1, -0.05) is 28.1 Å². The quantitative estimate of drug-likeness (QED) is 0.906. The van der Waals surface area contributed by atoms with Gasteiger partial charge in [-0.2, -0.15) is 0 Å². The standard InChI is InChI=1S/C14H19BrN2O/c1-17(13(9-16)11-5-6-11)14(18)8-10-3-2-4-12(15)7-10/h2-4,7,11,13H,5-6,8-9,16H2,1H3. The fourth-order valence-electron chi connectivity index (χ4n) is 2.28. The first-order chi connectivity index (χ1) is 8.61. The number of likely N-dealkylation sites (N-methyl/N-ethyl adjacent to an activating group) is 1. The molecule has 1 fully saturated rings. The van der Waals surface area contributed by atoms with Crippen LogP contribution in [0.1, 0.15) is 18.4 Å². The molecular weight excluding hydrogens is 292 g/mol. The Kier molecular flexibility index (Phi) is 4.40. The summed E-state index contributed by atoms with van der Waals surface area (Å²) in [5.41, 5.74) is 6.80. The zero-order valence-electron chi connectivity index (χ0n) is 10.6. The van der Waals surface area contributed by atoms with Gasteiger partial charge in [0.2, 0.25) is 5.91 Å². The van der Waals surface area contributed by atoms with Gasteiger partial charge in [-0.3, -0.25) is 4.79 Å². The third-order valence-electron chi connectivity index (χ3n) is 3.54. The summed E-state index contributed by atoms with van der Waals surface area (Å²) >= 11 is 3.42. The molecule has 0 heterocycles. The molecule has 98 valence electrons. The lowest BCUT2D eigenvalue weighted by atomic mass is 10.1. The molecule has 1 saturated carbocycles. The lowest BCUT2D eigenvalue weighted by Gasteiger charge is -2.27. The minimum absolute atomic E-state index is 0.149. The smallest absolute Gasteiger partial charge is 0.227 e. The Morgan fingerprint density at radius 3 is 2.83 bits per heavy atom. The first-order valence-corrected chi connectivity index (χ1v) is 7.11. The number of hydrogen-bond donors (Lipinski definition) is 1. The number of benzene rings is 1. The van der Waals surface area contributed by atoms with E-state index in [0.29, 0.717) is 18.9 Å². The lowest BCUT2D eigenvalue weighted by molar-refractivity contribution is -0.131. The third kappa shape index (κ3) is 3.33. The van der Waals surface area contributed by atoms with Gasteiger partial charge >= 0.3 is 0 Å². The second kappa shape index (κ2) is 5.85. The van der Waals surface area contributed by atoms with E-state index in [4.69, 9.17) is 5.73 Å². The highest BCUT2D eigenvalue weighted by Crippen LogP contribution is 2.34. The first kappa shape index (κ1) is 13.6. The molecule has 1 aliphatic carbocycles. The van der Waals surface area contributed by atoms with Crippen molar-refractivity contribution in [2.45, 2.75) is 25.3 Å². The minimum Gasteiger partial charge on any atom is -0.341 e. The molecule has 0 radical (unpaired) electrons. The van der Waals surface area contributed by atoms with Crippen LogP contribution in [0.4, 0.5) is 0 Å². The monoisotopic (exact) mass is 310 g/mol. The average molecular weight is 311 g/mol. The van der Waals surface area contributed by atoms with Gasteiger partial charge in [0.25, 0.3) is 0 Å². The number of carbonyl (C=O) groups is 1. The Morgan fingerprint density at radius 1 is 1.56 bits per heavy atom. The van der Waals surface area contributed by atoms with Crippen molar-refractivity contribution in [3.8, 4) is 0 Å². The van der Waals surface area contributed by atoms with Crippen LogP contribution in [0.3, 0.4) is 0 Å². The van der Waals surface area contributed by atoms with Crippen LogP contribution in [0, 0.1) is 5.92 Å². The zero-order chi connectivity index (χ0) is 13.1. The molecule has 3 nitrogen and oxygen atoms in total. The highest BCUT2D eigenvalue weighted by molar-refractivity contribution is 9.10. The second-order valence-corrected chi connectivity index (χ2v) is 5.87. The minimum atomic E-state index is 0.149. The van der Waals surface area contributed by atoms with Crippen molar-refractivity contribution in [1.29, 1.82) is 0 Å². The van der Waals surface area contributed by atoms with Gasteiger partial charge in [-0.05, 0) is 36.5 Å². The maximum atomic E-state index is 12.2. The highest BCUT2D eigenvalue weighted by Gasteiger charge is 2.34. The van der Waals surface area contributed by atoms with Crippen molar-refractivity contribution in [2.75, 3.05) is 13.6 Å². The molecule has 2 N–H and O–H groups in total. The van der Waals surface area contributed by atoms with E-state index < -0.39 is 0 Å². The Morgan fingerprint density at radius 2 is 2.28 bits per heavy atom. The molecule has 1 atom stereocenters. The van der Waals surface area contributed by atoms with E-state index in [-0.39, 0.29) is 11.9 Å². The largest absolute Gasteiger partial charge is 0.341 e. The van der Waals surface area contributed by atoms with Gasteiger partial charge in [0, 0.05) is 24.1 Å². The molecule has 1 aromatic rings. The second-order valence-electron chi connectivity index (χ2n) is 4.95. The number of nitrogens with zero attached hydrogens (tertiary/aromatic N) is 1. The van der Waals surface area contributed by atoms with Gasteiger partial charge in [-0.15, -0.1) is 0 Å². The van der Waals surface area contributed by atoms with E-state index in [1.807, 2.05) is 36.2 Å². The van der Waals surface area contributed by atoms with Crippen molar-refractivity contribution in [2.24, 2.45) is 11.7 Å². The van der Waals surface area contributed by atoms with Gasteiger partial charge in [-0.25, -0.2) is 0 Å². The van der Waals surface area contributed by atoms with Gasteiger partial charge in [0.15, 0.2) is 0 Å². The summed E-state index contributed by atoms with van der Waals surface area (Å²) in [7, 11) is 1.87. The van der Waals surface area contributed by atoms with Crippen molar-refractivity contribution in [3.05, 3.63) is 34.3 Å². The van der Waals surface area contributed by atoms with Crippen LogP contribution in [-0.2, 0) is 11.2 Å². The summed E-state index contributed by atoms with van der Waals surface area (Å²) in [6, 6.07) is 8.09. The average Bonchev–Trinajstić information content (AvgIpc) is 3.14. The fourth-order valence-corrected chi connectivity index (χ4v) is 2.73. The molecule has 1 unspecified atom stereocenters. The Balaban J connectivity index is 1.98. The molecular formula is C14H19BrN2O. The molecule has 2 rings (SSSR count). The third-order valence-corrected chi connectivity index (χ3v) is 4.04. The molecule has 4 heteroatoms. The zero-order valence-corrected chi connectivity index (χ0v) is 12.2. The van der Waals surface area contributed by atoms with Gasteiger partial charge in [0.05, 0.1) is 6.42 Å². The maximum absolute atomic E-state index is 12.2. The van der Waals surface area contributed by atoms with Crippen LogP contribution >= 0.6 is 15.9 Å². The molecule has 1 aromatic carbocycles. The Bertz CT molecular complexity index is 432. The summed E-state index contributed by atoms with van der Waals surface area (Å²) in [4.78, 5) is 14.0. The van der Waals surface area contributed by atoms with Crippen LogP contribution in [-0.4, -0.2) is 30.4 Å². The molecule has 0 spiro atoms. The van der Waals surface area contributed by atoms with Gasteiger partial charge < -0.3 is 10.6 Å². The van der Waals surface area contributed by atoms with E-state index in [1.165, 1.54) is 12.8 Å². The van der Waals surface area contributed by atoms with E-state index in [9.17, 15) is 4.79 Å². The van der Waals surface area contributed by atoms with E-state index in [1.54, 1.807) is 0 Å². The van der Waals surface area contributed by atoms with E-state index in [2.05, 4.69) is 15.9 Å². The summed E-state index contributed by atoms with van der Waals surface area (Å²) in [5.74, 6) is 0.766. The Hall–Kier alpha value is -0.870. The predicted molar refractivity (Wildman–Crippen MR) is 76.2 cm³/mol.